The van der Waals surface area contributed by atoms with Gasteiger partial charge in [0.05, 0.1) is 17.2 Å². The molecule has 1 aromatic heterocycles. The molecular weight excluding hydrogens is 410 g/mol. The molecule has 0 spiro atoms. The molecule has 1 N–H and O–H groups in total. The quantitative estimate of drug-likeness (QED) is 0.445. The van der Waals surface area contributed by atoms with Gasteiger partial charge in [0, 0.05) is 17.3 Å². The molecule has 0 aliphatic carbocycles. The molecule has 1 heterocycles. The third kappa shape index (κ3) is 4.90. The van der Waals surface area contributed by atoms with Crippen LogP contribution in [-0.2, 0) is 10.0 Å². The zero-order valence-corrected chi connectivity index (χ0v) is 17.7. The van der Waals surface area contributed by atoms with Crippen LogP contribution in [-0.4, -0.2) is 25.2 Å². The highest BCUT2D eigenvalue weighted by molar-refractivity contribution is 7.92. The highest BCUT2D eigenvalue weighted by Gasteiger charge is 2.14. The summed E-state index contributed by atoms with van der Waals surface area (Å²) >= 11 is 0. The van der Waals surface area contributed by atoms with E-state index in [9.17, 15) is 8.42 Å². The van der Waals surface area contributed by atoms with Crippen molar-refractivity contribution in [3.63, 3.8) is 0 Å². The van der Waals surface area contributed by atoms with Gasteiger partial charge in [-0.05, 0) is 48.4 Å². The van der Waals surface area contributed by atoms with Gasteiger partial charge in [0.1, 0.15) is 0 Å². The predicted molar refractivity (Wildman–Crippen MR) is 121 cm³/mol. The largest absolute Gasteiger partial charge is 0.477 e. The lowest BCUT2D eigenvalue weighted by molar-refractivity contribution is 0.323. The van der Waals surface area contributed by atoms with E-state index in [2.05, 4.69) is 14.9 Å². The van der Waals surface area contributed by atoms with E-state index < -0.39 is 10.0 Å². The van der Waals surface area contributed by atoms with E-state index in [1.807, 2.05) is 43.3 Å². The van der Waals surface area contributed by atoms with Gasteiger partial charge in [0.15, 0.2) is 0 Å². The van der Waals surface area contributed by atoms with E-state index in [4.69, 9.17) is 4.74 Å². The van der Waals surface area contributed by atoms with E-state index in [0.717, 1.165) is 16.7 Å². The Bertz CT molecular complexity index is 1240. The van der Waals surface area contributed by atoms with Crippen LogP contribution in [0, 0.1) is 0 Å². The topological polar surface area (TPSA) is 81.2 Å². The fourth-order valence-electron chi connectivity index (χ4n) is 3.08. The van der Waals surface area contributed by atoms with Crippen molar-refractivity contribution in [2.75, 3.05) is 11.3 Å². The number of hydrogen-bond acceptors (Lipinski definition) is 5. The molecule has 0 aliphatic rings. The molecule has 6 nitrogen and oxygen atoms in total. The number of nitrogens with one attached hydrogen (secondary N) is 1. The Morgan fingerprint density at radius 1 is 0.742 bits per heavy atom. The Balaban J connectivity index is 1.48. The van der Waals surface area contributed by atoms with Crippen LogP contribution in [0.15, 0.2) is 95.9 Å². The molecule has 0 amide bonds. The molecule has 0 radical (unpaired) electrons. The number of anilines is 1. The number of hydrogen-bond donors (Lipinski definition) is 1. The van der Waals surface area contributed by atoms with E-state index in [0.29, 0.717) is 23.9 Å². The lowest BCUT2D eigenvalue weighted by atomic mass is 10.1. The smallest absolute Gasteiger partial charge is 0.261 e. The van der Waals surface area contributed by atoms with Crippen LogP contribution in [0.25, 0.3) is 22.4 Å². The fraction of sp³-hybridized carbons (Fsp3) is 0.0833. The third-order valence-electron chi connectivity index (χ3n) is 4.64. The Hall–Kier alpha value is -3.71. The highest BCUT2D eigenvalue weighted by Crippen LogP contribution is 2.24. The van der Waals surface area contributed by atoms with Gasteiger partial charge in [-0.1, -0.05) is 54.6 Å². The number of benzene rings is 3. The molecule has 156 valence electrons. The second-order valence-electron chi connectivity index (χ2n) is 6.76. The maximum Gasteiger partial charge on any atom is 0.261 e. The van der Waals surface area contributed by atoms with Gasteiger partial charge in [0.25, 0.3) is 10.0 Å². The summed E-state index contributed by atoms with van der Waals surface area (Å²) in [6, 6.07) is 27.2. The minimum atomic E-state index is -3.70. The summed E-state index contributed by atoms with van der Waals surface area (Å²) in [6.45, 7) is 2.41. The van der Waals surface area contributed by atoms with Gasteiger partial charge in [-0.15, -0.1) is 10.2 Å². The summed E-state index contributed by atoms with van der Waals surface area (Å²) in [6.07, 6.45) is 0. The summed E-state index contributed by atoms with van der Waals surface area (Å²) in [5.41, 5.74) is 3.96. The first-order chi connectivity index (χ1) is 15.0. The number of sulfonamides is 1. The normalized spacial score (nSPS) is 11.1. The van der Waals surface area contributed by atoms with Crippen LogP contribution < -0.4 is 9.46 Å². The molecule has 0 fully saturated rings. The molecular formula is C24H21N3O3S. The van der Waals surface area contributed by atoms with Crippen LogP contribution in [0.3, 0.4) is 0 Å². The van der Waals surface area contributed by atoms with Crippen molar-refractivity contribution in [2.24, 2.45) is 0 Å². The molecule has 4 rings (SSSR count). The standard InChI is InChI=1S/C24H21N3O3S/c1-2-30-24-17-16-23(25-26-24)20-8-12-21(13-9-20)27-31(28,29)22-14-10-19(11-15-22)18-6-4-3-5-7-18/h3-17,27H,2H2,1H3. The SMILES string of the molecule is CCOc1ccc(-c2ccc(NS(=O)(=O)c3ccc(-c4ccccc4)cc3)cc2)nn1. The van der Waals surface area contributed by atoms with Gasteiger partial charge in [0.2, 0.25) is 5.88 Å². The van der Waals surface area contributed by atoms with Crippen molar-refractivity contribution in [3.05, 3.63) is 91.0 Å². The van der Waals surface area contributed by atoms with Gasteiger partial charge in [-0.2, -0.15) is 0 Å². The number of rotatable bonds is 7. The molecule has 0 unspecified atom stereocenters. The number of nitrogens with zero attached hydrogens (tertiary/aromatic N) is 2. The molecule has 0 saturated heterocycles. The molecule has 0 bridgehead atoms. The Kier molecular flexibility index (Phi) is 5.95. The molecule has 0 saturated carbocycles. The summed E-state index contributed by atoms with van der Waals surface area (Å²) in [4.78, 5) is 0.202. The number of aromatic nitrogens is 2. The fourth-order valence-corrected chi connectivity index (χ4v) is 4.14. The van der Waals surface area contributed by atoms with Gasteiger partial charge >= 0.3 is 0 Å². The lowest BCUT2D eigenvalue weighted by Gasteiger charge is -2.10. The van der Waals surface area contributed by atoms with Crippen LogP contribution >= 0.6 is 0 Å². The lowest BCUT2D eigenvalue weighted by Crippen LogP contribution is -2.12. The van der Waals surface area contributed by atoms with E-state index in [1.165, 1.54) is 0 Å². The van der Waals surface area contributed by atoms with Crippen LogP contribution in [0.4, 0.5) is 5.69 Å². The molecule has 0 aliphatic heterocycles. The van der Waals surface area contributed by atoms with Crippen LogP contribution in [0.1, 0.15) is 6.92 Å². The maximum atomic E-state index is 12.8. The second kappa shape index (κ2) is 8.97. The molecule has 7 heteroatoms. The molecule has 3 aromatic carbocycles. The summed E-state index contributed by atoms with van der Waals surface area (Å²) in [5.74, 6) is 0.467. The van der Waals surface area contributed by atoms with Crippen molar-refractivity contribution in [1.82, 2.24) is 10.2 Å². The summed E-state index contributed by atoms with van der Waals surface area (Å²) < 4.78 is 33.4. The Labute approximate surface area is 181 Å². The minimum absolute atomic E-state index is 0.202. The number of ether oxygens (including phenoxy) is 1. The minimum Gasteiger partial charge on any atom is -0.477 e. The summed E-state index contributed by atoms with van der Waals surface area (Å²) in [5, 5.41) is 8.15. The molecule has 0 atom stereocenters. The second-order valence-corrected chi connectivity index (χ2v) is 8.45. The summed E-state index contributed by atoms with van der Waals surface area (Å²) in [7, 11) is -3.70. The van der Waals surface area contributed by atoms with Crippen molar-refractivity contribution < 1.29 is 13.2 Å². The first-order valence-electron chi connectivity index (χ1n) is 9.80. The van der Waals surface area contributed by atoms with Crippen molar-refractivity contribution >= 4 is 15.7 Å². The average Bonchev–Trinajstić information content (AvgIpc) is 2.81. The first-order valence-corrected chi connectivity index (χ1v) is 11.3. The zero-order chi connectivity index (χ0) is 21.7. The maximum absolute atomic E-state index is 12.8. The monoisotopic (exact) mass is 431 g/mol. The average molecular weight is 432 g/mol. The Morgan fingerprint density at radius 2 is 1.39 bits per heavy atom. The molecule has 31 heavy (non-hydrogen) atoms. The van der Waals surface area contributed by atoms with E-state index in [1.54, 1.807) is 54.6 Å². The third-order valence-corrected chi connectivity index (χ3v) is 6.03. The van der Waals surface area contributed by atoms with Gasteiger partial charge < -0.3 is 4.74 Å². The van der Waals surface area contributed by atoms with Crippen LogP contribution in [0.5, 0.6) is 5.88 Å². The highest BCUT2D eigenvalue weighted by atomic mass is 32.2. The zero-order valence-electron chi connectivity index (χ0n) is 16.9. The van der Waals surface area contributed by atoms with E-state index >= 15 is 0 Å². The van der Waals surface area contributed by atoms with E-state index in [-0.39, 0.29) is 4.90 Å². The van der Waals surface area contributed by atoms with Gasteiger partial charge in [-0.3, -0.25) is 4.72 Å². The van der Waals surface area contributed by atoms with Crippen molar-refractivity contribution in [2.45, 2.75) is 11.8 Å². The van der Waals surface area contributed by atoms with Crippen LogP contribution in [0.2, 0.25) is 0 Å². The Morgan fingerprint density at radius 3 is 2.00 bits per heavy atom. The first kappa shape index (κ1) is 20.6. The van der Waals surface area contributed by atoms with Crippen molar-refractivity contribution in [3.8, 4) is 28.3 Å². The molecule has 4 aromatic rings. The van der Waals surface area contributed by atoms with Gasteiger partial charge in [-0.25, -0.2) is 8.42 Å². The predicted octanol–water partition coefficient (Wildman–Crippen LogP) is 5.01. The van der Waals surface area contributed by atoms with Crippen molar-refractivity contribution in [1.29, 1.82) is 0 Å².